The molecular weight excluding hydrogens is 222 g/mol. The van der Waals surface area contributed by atoms with Gasteiger partial charge in [-0.2, -0.15) is 0 Å². The number of aromatic nitrogens is 1. The number of nitrogen functional groups attached to an aromatic ring is 1. The number of carbonyl (C=O) groups is 1. The molecule has 1 heterocycles. The van der Waals surface area contributed by atoms with Crippen LogP contribution in [0.4, 0.5) is 5.13 Å². The van der Waals surface area contributed by atoms with Crippen molar-refractivity contribution in [3.05, 3.63) is 11.1 Å². The van der Waals surface area contributed by atoms with Gasteiger partial charge in [0.2, 0.25) is 5.91 Å². The Hall–Kier alpha value is -1.10. The van der Waals surface area contributed by atoms with Crippen molar-refractivity contribution in [1.82, 2.24) is 9.88 Å². The van der Waals surface area contributed by atoms with E-state index in [-0.39, 0.29) is 5.91 Å². The van der Waals surface area contributed by atoms with Crippen LogP contribution in [0.1, 0.15) is 32.4 Å². The third-order valence-corrected chi connectivity index (χ3v) is 3.51. The van der Waals surface area contributed by atoms with E-state index in [2.05, 4.69) is 18.8 Å². The zero-order chi connectivity index (χ0) is 12.1. The van der Waals surface area contributed by atoms with Gasteiger partial charge in [-0.05, 0) is 12.8 Å². The van der Waals surface area contributed by atoms with E-state index in [4.69, 9.17) is 5.73 Å². The van der Waals surface area contributed by atoms with Crippen LogP contribution in [0.5, 0.6) is 0 Å². The third kappa shape index (κ3) is 3.20. The minimum absolute atomic E-state index is 0.110. The fourth-order valence-corrected chi connectivity index (χ4v) is 2.29. The van der Waals surface area contributed by atoms with Gasteiger partial charge in [-0.3, -0.25) is 4.79 Å². The van der Waals surface area contributed by atoms with Crippen molar-refractivity contribution in [3.8, 4) is 0 Å². The van der Waals surface area contributed by atoms with Gasteiger partial charge in [-0.15, -0.1) is 11.3 Å². The molecule has 0 aliphatic carbocycles. The number of nitrogens with two attached hydrogens (primary N) is 1. The van der Waals surface area contributed by atoms with Gasteiger partial charge in [0.05, 0.1) is 12.1 Å². The normalized spacial score (nSPS) is 10.8. The van der Waals surface area contributed by atoms with Crippen LogP contribution >= 0.6 is 11.3 Å². The molecule has 0 unspecified atom stereocenters. The predicted molar refractivity (Wildman–Crippen MR) is 67.4 cm³/mol. The predicted octanol–water partition coefficient (Wildman–Crippen LogP) is 1.91. The quantitative estimate of drug-likeness (QED) is 0.856. The number of hydrogen-bond donors (Lipinski definition) is 1. The number of likely N-dealkylation sites (N-methyl/N-ethyl adjacent to an activating group) is 1. The van der Waals surface area contributed by atoms with Gasteiger partial charge in [0, 0.05) is 18.5 Å². The highest BCUT2D eigenvalue weighted by molar-refractivity contribution is 7.13. The monoisotopic (exact) mass is 241 g/mol. The molecule has 0 atom stereocenters. The fourth-order valence-electron chi connectivity index (χ4n) is 1.72. The second kappa shape index (κ2) is 5.84. The summed E-state index contributed by atoms with van der Waals surface area (Å²) >= 11 is 1.37. The Morgan fingerprint density at radius 2 is 2.19 bits per heavy atom. The second-order valence-corrected chi connectivity index (χ2v) is 4.72. The Kier molecular flexibility index (Phi) is 4.73. The van der Waals surface area contributed by atoms with E-state index in [1.807, 2.05) is 17.3 Å². The minimum atomic E-state index is 0.110. The Morgan fingerprint density at radius 3 is 2.62 bits per heavy atom. The molecular formula is C11H19N3OS. The summed E-state index contributed by atoms with van der Waals surface area (Å²) in [5.41, 5.74) is 6.29. The first-order valence-corrected chi connectivity index (χ1v) is 6.42. The molecule has 16 heavy (non-hydrogen) atoms. The zero-order valence-corrected chi connectivity index (χ0v) is 10.9. The first kappa shape index (κ1) is 13.0. The van der Waals surface area contributed by atoms with Crippen LogP contribution in [0.25, 0.3) is 0 Å². The van der Waals surface area contributed by atoms with Gasteiger partial charge in [0.15, 0.2) is 5.13 Å². The van der Waals surface area contributed by atoms with Gasteiger partial charge in [0.25, 0.3) is 0 Å². The largest absolute Gasteiger partial charge is 0.375 e. The standard InChI is InChI=1S/C11H19N3OS/c1-4-9(5-2)14(3)10(15)6-8-7-16-11(12)13-8/h7,9H,4-6H2,1-3H3,(H2,12,13). The molecule has 0 radical (unpaired) electrons. The Balaban J connectivity index is 2.58. The van der Waals surface area contributed by atoms with E-state index >= 15 is 0 Å². The molecule has 0 fully saturated rings. The van der Waals surface area contributed by atoms with Crippen molar-refractivity contribution < 1.29 is 4.79 Å². The maximum absolute atomic E-state index is 11.9. The molecule has 0 aromatic carbocycles. The van der Waals surface area contributed by atoms with Crippen LogP contribution in [0.2, 0.25) is 0 Å². The van der Waals surface area contributed by atoms with Crippen molar-refractivity contribution >= 4 is 22.4 Å². The van der Waals surface area contributed by atoms with Crippen molar-refractivity contribution in [2.24, 2.45) is 0 Å². The number of rotatable bonds is 5. The number of thiazole rings is 1. The highest BCUT2D eigenvalue weighted by atomic mass is 32.1. The molecule has 1 aromatic heterocycles. The maximum Gasteiger partial charge on any atom is 0.228 e. The number of carbonyl (C=O) groups excluding carboxylic acids is 1. The van der Waals surface area contributed by atoms with Gasteiger partial charge in [0.1, 0.15) is 0 Å². The molecule has 0 aliphatic heterocycles. The van der Waals surface area contributed by atoms with Crippen molar-refractivity contribution in [2.45, 2.75) is 39.2 Å². The lowest BCUT2D eigenvalue weighted by Crippen LogP contribution is -2.37. The molecule has 4 nitrogen and oxygen atoms in total. The first-order valence-electron chi connectivity index (χ1n) is 5.54. The molecule has 1 amide bonds. The third-order valence-electron chi connectivity index (χ3n) is 2.79. The summed E-state index contributed by atoms with van der Waals surface area (Å²) in [6, 6.07) is 0.323. The molecule has 0 saturated carbocycles. The summed E-state index contributed by atoms with van der Waals surface area (Å²) in [6.07, 6.45) is 2.32. The van der Waals surface area contributed by atoms with Crippen molar-refractivity contribution in [3.63, 3.8) is 0 Å². The lowest BCUT2D eigenvalue weighted by molar-refractivity contribution is -0.131. The van der Waals surface area contributed by atoms with E-state index in [1.165, 1.54) is 11.3 Å². The van der Waals surface area contributed by atoms with E-state index in [0.717, 1.165) is 18.5 Å². The zero-order valence-electron chi connectivity index (χ0n) is 10.1. The molecule has 0 aliphatic rings. The smallest absolute Gasteiger partial charge is 0.228 e. The average Bonchev–Trinajstić information content (AvgIpc) is 2.65. The molecule has 0 spiro atoms. The van der Waals surface area contributed by atoms with Gasteiger partial charge in [-0.1, -0.05) is 13.8 Å². The number of hydrogen-bond acceptors (Lipinski definition) is 4. The summed E-state index contributed by atoms with van der Waals surface area (Å²) in [5.74, 6) is 0.110. The topological polar surface area (TPSA) is 59.2 Å². The van der Waals surface area contributed by atoms with Crippen LogP contribution in [-0.4, -0.2) is 28.9 Å². The second-order valence-electron chi connectivity index (χ2n) is 3.83. The van der Waals surface area contributed by atoms with Crippen LogP contribution in [-0.2, 0) is 11.2 Å². The molecule has 1 aromatic rings. The van der Waals surface area contributed by atoms with Crippen LogP contribution in [0, 0.1) is 0 Å². The fraction of sp³-hybridized carbons (Fsp3) is 0.636. The van der Waals surface area contributed by atoms with E-state index in [1.54, 1.807) is 0 Å². The Bertz CT molecular complexity index is 347. The Labute approximate surface area is 100 Å². The van der Waals surface area contributed by atoms with Gasteiger partial charge >= 0.3 is 0 Å². The first-order chi connectivity index (χ1) is 7.58. The molecule has 0 saturated heterocycles. The maximum atomic E-state index is 11.9. The summed E-state index contributed by atoms with van der Waals surface area (Å²) in [4.78, 5) is 17.8. The van der Waals surface area contributed by atoms with Crippen molar-refractivity contribution in [2.75, 3.05) is 12.8 Å². The minimum Gasteiger partial charge on any atom is -0.375 e. The summed E-state index contributed by atoms with van der Waals surface area (Å²) in [5, 5.41) is 2.36. The van der Waals surface area contributed by atoms with Gasteiger partial charge < -0.3 is 10.6 Å². The average molecular weight is 241 g/mol. The van der Waals surface area contributed by atoms with Gasteiger partial charge in [-0.25, -0.2) is 4.98 Å². The Morgan fingerprint density at radius 1 is 1.56 bits per heavy atom. The molecule has 1 rings (SSSR count). The van der Waals surface area contributed by atoms with E-state index in [9.17, 15) is 4.79 Å². The van der Waals surface area contributed by atoms with E-state index in [0.29, 0.717) is 17.6 Å². The van der Waals surface area contributed by atoms with Crippen LogP contribution in [0.15, 0.2) is 5.38 Å². The summed E-state index contributed by atoms with van der Waals surface area (Å²) < 4.78 is 0. The summed E-state index contributed by atoms with van der Waals surface area (Å²) in [6.45, 7) is 4.19. The number of anilines is 1. The van der Waals surface area contributed by atoms with Crippen LogP contribution < -0.4 is 5.73 Å². The number of amides is 1. The number of nitrogens with zero attached hydrogens (tertiary/aromatic N) is 2. The lowest BCUT2D eigenvalue weighted by Gasteiger charge is -2.26. The lowest BCUT2D eigenvalue weighted by atomic mass is 10.1. The highest BCUT2D eigenvalue weighted by Crippen LogP contribution is 2.13. The summed E-state index contributed by atoms with van der Waals surface area (Å²) in [7, 11) is 1.86. The molecule has 5 heteroatoms. The van der Waals surface area contributed by atoms with Crippen molar-refractivity contribution in [1.29, 1.82) is 0 Å². The molecule has 0 bridgehead atoms. The van der Waals surface area contributed by atoms with Crippen LogP contribution in [0.3, 0.4) is 0 Å². The SMILES string of the molecule is CCC(CC)N(C)C(=O)Cc1csc(N)n1. The molecule has 90 valence electrons. The highest BCUT2D eigenvalue weighted by Gasteiger charge is 2.17. The van der Waals surface area contributed by atoms with E-state index < -0.39 is 0 Å². The molecule has 2 N–H and O–H groups in total.